The fourth-order valence-corrected chi connectivity index (χ4v) is 3.72. The molecule has 0 bridgehead atoms. The summed E-state index contributed by atoms with van der Waals surface area (Å²) < 4.78 is 0. The molecular weight excluding hydrogens is 487 g/mol. The maximum atomic E-state index is 11.1. The number of pyridine rings is 2. The molecule has 12 heteroatoms. The quantitative estimate of drug-likeness (QED) is 0.219. The van der Waals surface area contributed by atoms with Crippen LogP contribution in [0.4, 0.5) is 11.4 Å². The van der Waals surface area contributed by atoms with Crippen LogP contribution in [-0.4, -0.2) is 51.1 Å². The molecule has 0 amide bonds. The average Bonchev–Trinajstić information content (AvgIpc) is 2.77. The van der Waals surface area contributed by atoms with Crippen molar-refractivity contribution in [1.82, 2.24) is 9.97 Å². The number of nitro benzene ring substituents is 1. The van der Waals surface area contributed by atoms with E-state index in [9.17, 15) is 19.7 Å². The highest BCUT2D eigenvalue weighted by atomic mass is 35.5. The van der Waals surface area contributed by atoms with Gasteiger partial charge >= 0.3 is 11.9 Å². The number of halogens is 2. The second-order valence-electron chi connectivity index (χ2n) is 7.09. The molecule has 174 valence electrons. The summed E-state index contributed by atoms with van der Waals surface area (Å²) in [4.78, 5) is 41.7. The van der Waals surface area contributed by atoms with Crippen molar-refractivity contribution in [3.05, 3.63) is 80.3 Å². The molecule has 0 aliphatic heterocycles. The second-order valence-corrected chi connectivity index (χ2v) is 7.87. The van der Waals surface area contributed by atoms with E-state index in [1.165, 1.54) is 24.3 Å². The maximum absolute atomic E-state index is 11.1. The smallest absolute Gasteiger partial charge is 0.355 e. The highest BCUT2D eigenvalue weighted by Gasteiger charge is 2.18. The summed E-state index contributed by atoms with van der Waals surface area (Å²) in [6.07, 6.45) is 0. The average molecular weight is 503 g/mol. The monoisotopic (exact) mass is 502 g/mol. The van der Waals surface area contributed by atoms with E-state index in [2.05, 4.69) is 9.97 Å². The minimum absolute atomic E-state index is 0.0174. The molecule has 2 N–H and O–H groups in total. The molecule has 4 aromatic rings. The topological polar surface area (TPSA) is 147 Å². The van der Waals surface area contributed by atoms with E-state index in [0.29, 0.717) is 5.39 Å². The van der Waals surface area contributed by atoms with Crippen LogP contribution in [-0.2, 0) is 0 Å². The van der Waals surface area contributed by atoms with Crippen molar-refractivity contribution in [2.45, 2.75) is 0 Å². The van der Waals surface area contributed by atoms with Crippen LogP contribution in [0.1, 0.15) is 21.0 Å². The number of hydrogen-bond donors (Lipinski definition) is 2. The van der Waals surface area contributed by atoms with Crippen LogP contribution in [0.3, 0.4) is 0 Å². The van der Waals surface area contributed by atoms with Crippen LogP contribution in [0.15, 0.2) is 48.5 Å². The Bertz CT molecular complexity index is 1460. The number of benzene rings is 2. The number of rotatable bonds is 4. The number of nitro groups is 1. The lowest BCUT2D eigenvalue weighted by atomic mass is 10.1. The lowest BCUT2D eigenvalue weighted by Gasteiger charge is -2.16. The first-order valence-electron chi connectivity index (χ1n) is 9.48. The normalized spacial score (nSPS) is 10.5. The molecule has 2 aromatic heterocycles. The molecule has 0 atom stereocenters. The molecule has 34 heavy (non-hydrogen) atoms. The van der Waals surface area contributed by atoms with Crippen molar-refractivity contribution in [1.29, 1.82) is 0 Å². The highest BCUT2D eigenvalue weighted by molar-refractivity contribution is 6.31. The Labute approximate surface area is 202 Å². The zero-order chi connectivity index (χ0) is 25.2. The first kappa shape index (κ1) is 24.6. The number of carboxylic acids is 2. The SMILES string of the molecule is CN(C)c1cccc2c(C(=O)O)nc(Cl)cc12.O=C(O)c1nc(Cl)cc2c([N+](=O)[O-])cccc12. The van der Waals surface area contributed by atoms with Crippen molar-refractivity contribution in [2.75, 3.05) is 19.0 Å². The molecule has 2 aromatic carbocycles. The Morgan fingerprint density at radius 1 is 0.853 bits per heavy atom. The number of aromatic nitrogens is 2. The number of aromatic carboxylic acids is 2. The third-order valence-corrected chi connectivity index (χ3v) is 5.11. The van der Waals surface area contributed by atoms with E-state index >= 15 is 0 Å². The number of fused-ring (bicyclic) bond motifs is 2. The van der Waals surface area contributed by atoms with Crippen molar-refractivity contribution in [2.24, 2.45) is 0 Å². The largest absolute Gasteiger partial charge is 0.476 e. The minimum Gasteiger partial charge on any atom is -0.476 e. The second kappa shape index (κ2) is 9.86. The summed E-state index contributed by atoms with van der Waals surface area (Å²) in [6.45, 7) is 0. The Balaban J connectivity index is 0.000000191. The first-order chi connectivity index (χ1) is 16.0. The van der Waals surface area contributed by atoms with Crippen molar-refractivity contribution in [3.8, 4) is 0 Å². The summed E-state index contributed by atoms with van der Waals surface area (Å²) in [5.41, 5.74) is 0.399. The molecule has 0 aliphatic carbocycles. The van der Waals surface area contributed by atoms with E-state index in [4.69, 9.17) is 33.4 Å². The van der Waals surface area contributed by atoms with E-state index < -0.39 is 16.9 Å². The van der Waals surface area contributed by atoms with E-state index in [0.717, 1.165) is 11.1 Å². The summed E-state index contributed by atoms with van der Waals surface area (Å²) in [5.74, 6) is -2.36. The highest BCUT2D eigenvalue weighted by Crippen LogP contribution is 2.30. The molecule has 0 spiro atoms. The molecule has 4 rings (SSSR count). The van der Waals surface area contributed by atoms with Gasteiger partial charge in [0, 0.05) is 42.0 Å². The van der Waals surface area contributed by atoms with E-state index in [1.807, 2.05) is 25.1 Å². The first-order valence-corrected chi connectivity index (χ1v) is 10.2. The van der Waals surface area contributed by atoms with Crippen LogP contribution in [0, 0.1) is 10.1 Å². The van der Waals surface area contributed by atoms with Crippen LogP contribution < -0.4 is 4.90 Å². The summed E-state index contributed by atoms with van der Waals surface area (Å²) in [5, 5.41) is 30.7. The van der Waals surface area contributed by atoms with Gasteiger partial charge in [-0.2, -0.15) is 0 Å². The summed E-state index contributed by atoms with van der Waals surface area (Å²) in [6, 6.07) is 12.5. The molecule has 0 unspecified atom stereocenters. The number of carboxylic acid groups (broad SMARTS) is 2. The third kappa shape index (κ3) is 4.98. The lowest BCUT2D eigenvalue weighted by molar-refractivity contribution is -0.383. The van der Waals surface area contributed by atoms with Gasteiger partial charge in [-0.1, -0.05) is 47.5 Å². The van der Waals surface area contributed by atoms with Gasteiger partial charge in [-0.15, -0.1) is 0 Å². The van der Waals surface area contributed by atoms with Gasteiger partial charge in [0.1, 0.15) is 10.3 Å². The van der Waals surface area contributed by atoms with E-state index in [1.54, 1.807) is 18.2 Å². The summed E-state index contributed by atoms with van der Waals surface area (Å²) in [7, 11) is 3.78. The van der Waals surface area contributed by atoms with Crippen molar-refractivity contribution >= 4 is 68.1 Å². The van der Waals surface area contributed by atoms with Crippen molar-refractivity contribution in [3.63, 3.8) is 0 Å². The van der Waals surface area contributed by atoms with Crippen LogP contribution in [0.5, 0.6) is 0 Å². The summed E-state index contributed by atoms with van der Waals surface area (Å²) >= 11 is 11.5. The van der Waals surface area contributed by atoms with Gasteiger partial charge in [0.05, 0.1) is 10.3 Å². The number of hydrogen-bond acceptors (Lipinski definition) is 7. The molecule has 0 saturated heterocycles. The lowest BCUT2D eigenvalue weighted by Crippen LogP contribution is -2.10. The van der Waals surface area contributed by atoms with Gasteiger partial charge < -0.3 is 15.1 Å². The Morgan fingerprint density at radius 2 is 1.32 bits per heavy atom. The fourth-order valence-electron chi connectivity index (χ4n) is 3.33. The van der Waals surface area contributed by atoms with Crippen LogP contribution in [0.25, 0.3) is 21.5 Å². The molecule has 0 saturated carbocycles. The third-order valence-electron chi connectivity index (χ3n) is 4.72. The number of carbonyl (C=O) groups is 2. The number of anilines is 1. The molecule has 10 nitrogen and oxygen atoms in total. The predicted octanol–water partition coefficient (Wildman–Crippen LogP) is 5.15. The Kier molecular flexibility index (Phi) is 7.14. The molecule has 0 radical (unpaired) electrons. The van der Waals surface area contributed by atoms with Crippen LogP contribution in [0.2, 0.25) is 10.3 Å². The number of non-ortho nitro benzene ring substituents is 1. The molecule has 0 fully saturated rings. The zero-order valence-electron chi connectivity index (χ0n) is 17.7. The van der Waals surface area contributed by atoms with Gasteiger partial charge in [0.2, 0.25) is 0 Å². The standard InChI is InChI=1S/C12H11ClN2O2.C10H5ClN2O4/c1-15(2)9-5-3-4-7-8(9)6-10(13)14-11(7)12(16)17;11-8-4-6-5(9(12-8)10(14)15)2-1-3-7(6)13(16)17/h3-6H,1-2H3,(H,16,17);1-4H,(H,14,15). The Hall–Kier alpha value is -4.02. The van der Waals surface area contributed by atoms with E-state index in [-0.39, 0.29) is 38.2 Å². The molecular formula is C22H16Cl2N4O6. The fraction of sp³-hybridized carbons (Fsp3) is 0.0909. The van der Waals surface area contributed by atoms with Gasteiger partial charge in [0.15, 0.2) is 11.4 Å². The Morgan fingerprint density at radius 3 is 1.79 bits per heavy atom. The minimum atomic E-state index is -1.28. The van der Waals surface area contributed by atoms with Gasteiger partial charge in [-0.05, 0) is 18.2 Å². The molecule has 0 aliphatic rings. The zero-order valence-corrected chi connectivity index (χ0v) is 19.2. The molecule has 2 heterocycles. The van der Waals surface area contributed by atoms with Gasteiger partial charge in [-0.3, -0.25) is 10.1 Å². The van der Waals surface area contributed by atoms with Gasteiger partial charge in [0.25, 0.3) is 5.69 Å². The predicted molar refractivity (Wildman–Crippen MR) is 128 cm³/mol. The van der Waals surface area contributed by atoms with Crippen molar-refractivity contribution < 1.29 is 24.7 Å². The van der Waals surface area contributed by atoms with Gasteiger partial charge in [-0.25, -0.2) is 19.6 Å². The van der Waals surface area contributed by atoms with Crippen LogP contribution >= 0.6 is 23.2 Å². The maximum Gasteiger partial charge on any atom is 0.355 e. The number of nitrogens with zero attached hydrogens (tertiary/aromatic N) is 4.